The highest BCUT2D eigenvalue weighted by Crippen LogP contribution is 2.47. The summed E-state index contributed by atoms with van der Waals surface area (Å²) in [4.78, 5) is 67.8. The number of carbonyl (C=O) groups excluding carboxylic acids is 4. The summed E-state index contributed by atoms with van der Waals surface area (Å²) in [6, 6.07) is 18.3. The molecule has 8 rings (SSSR count). The first-order valence-corrected chi connectivity index (χ1v) is 23.0. The molecule has 0 spiro atoms. The molecule has 0 bridgehead atoms. The van der Waals surface area contributed by atoms with Gasteiger partial charge in [0.15, 0.2) is 5.82 Å². The molecule has 4 aliphatic rings. The largest absolute Gasteiger partial charge is 0.494 e. The molecule has 1 aromatic heterocycles. The van der Waals surface area contributed by atoms with Gasteiger partial charge in [-0.15, -0.1) is 0 Å². The lowest BCUT2D eigenvalue weighted by molar-refractivity contribution is -0.137. The van der Waals surface area contributed by atoms with Gasteiger partial charge in [-0.25, -0.2) is 4.98 Å². The zero-order valence-electron chi connectivity index (χ0n) is 35.5. The fraction of sp³-hybridized carbons (Fsp3) is 0.409. The molecular weight excluding hydrogens is 849 g/mol. The van der Waals surface area contributed by atoms with Gasteiger partial charge in [-0.2, -0.15) is 4.98 Å². The summed E-state index contributed by atoms with van der Waals surface area (Å²) in [6.45, 7) is 5.13. The fourth-order valence-corrected chi connectivity index (χ4v) is 10.2. The number of carbonyl (C=O) groups is 4. The first-order chi connectivity index (χ1) is 30.5. The minimum atomic E-state index is -3.57. The first kappa shape index (κ1) is 44.0. The normalized spacial score (nSPS) is 18.6. The minimum Gasteiger partial charge on any atom is -0.494 e. The predicted octanol–water partition coefficient (Wildman–Crippen LogP) is 5.24. The summed E-state index contributed by atoms with van der Waals surface area (Å²) in [6.07, 6.45) is 4.96. The second-order valence-electron chi connectivity index (χ2n) is 15.9. The van der Waals surface area contributed by atoms with Crippen molar-refractivity contribution < 1.29 is 37.5 Å². The molecule has 1 unspecified atom stereocenters. The van der Waals surface area contributed by atoms with E-state index >= 15 is 0 Å². The van der Waals surface area contributed by atoms with E-state index in [4.69, 9.17) is 25.4 Å². The number of hydrogen-bond acceptors (Lipinski definition) is 14. The predicted molar refractivity (Wildman–Crippen MR) is 238 cm³/mol. The highest BCUT2D eigenvalue weighted by Gasteiger charge is 2.39. The van der Waals surface area contributed by atoms with Gasteiger partial charge < -0.3 is 39.1 Å². The van der Waals surface area contributed by atoms with Crippen molar-refractivity contribution in [1.29, 1.82) is 0 Å². The Hall–Kier alpha value is -5.58. The van der Waals surface area contributed by atoms with E-state index in [1.165, 1.54) is 20.4 Å². The van der Waals surface area contributed by atoms with Gasteiger partial charge in [0.05, 0.1) is 30.0 Å². The maximum atomic E-state index is 13.3. The van der Waals surface area contributed by atoms with Crippen molar-refractivity contribution >= 4 is 77.0 Å². The molecule has 0 aliphatic carbocycles. The number of nitrogens with one attached hydrogen (secondary N) is 3. The van der Waals surface area contributed by atoms with E-state index in [1.54, 1.807) is 42.3 Å². The molecular formula is C44H51ClN9O8P. The smallest absolute Gasteiger partial charge is 0.362 e. The van der Waals surface area contributed by atoms with Crippen LogP contribution in [0.5, 0.6) is 5.75 Å². The van der Waals surface area contributed by atoms with E-state index in [9.17, 15) is 23.7 Å². The van der Waals surface area contributed by atoms with E-state index in [0.717, 1.165) is 55.8 Å². The quantitative estimate of drug-likeness (QED) is 0.110. The van der Waals surface area contributed by atoms with Gasteiger partial charge >= 0.3 is 7.60 Å². The third-order valence-corrected chi connectivity index (χ3v) is 14.6. The number of piperidine rings is 2. The molecule has 5 heterocycles. The van der Waals surface area contributed by atoms with Crippen LogP contribution in [-0.4, -0.2) is 121 Å². The van der Waals surface area contributed by atoms with Crippen LogP contribution >= 0.6 is 19.2 Å². The summed E-state index contributed by atoms with van der Waals surface area (Å²) in [5.74, 6) is 0.380. The van der Waals surface area contributed by atoms with Crippen LogP contribution in [0.15, 0.2) is 66.9 Å². The highest BCUT2D eigenvalue weighted by molar-refractivity contribution is 7.62. The number of benzene rings is 3. The standard InChI is InChI=1S/C44H51ClN9O8P/c1-60-37-25-31(10-12-34(37)48-44-46-26-33(45)41(50-44)47-35-6-4-5-7-38(35)63(59,61-2)62-3)51-18-16-30(17-19-51)52-20-22-53(23-21-52)40(56)15-9-28-8-11-32-29(24-28)27-54(43(32)58)36-13-14-39(55)49-42(36)57/h4-8,10-12,24-26,30,36H,9,13-23,27H2,1-3H3,(H,49,55,57)(H2,46,47,48,50). The number of ether oxygens (including phenoxy) is 1. The van der Waals surface area contributed by atoms with E-state index < -0.39 is 19.5 Å². The molecule has 1 atom stereocenters. The zero-order chi connectivity index (χ0) is 44.3. The van der Waals surface area contributed by atoms with Crippen molar-refractivity contribution in [3.63, 3.8) is 0 Å². The average molecular weight is 900 g/mol. The Bertz CT molecular complexity index is 2430. The number of rotatable bonds is 14. The molecule has 3 aromatic carbocycles. The van der Waals surface area contributed by atoms with Crippen LogP contribution in [0.4, 0.5) is 28.8 Å². The Morgan fingerprint density at radius 2 is 1.67 bits per heavy atom. The summed E-state index contributed by atoms with van der Waals surface area (Å²) in [5.41, 5.74) is 4.58. The minimum absolute atomic E-state index is 0.126. The second-order valence-corrected chi connectivity index (χ2v) is 18.5. The SMILES string of the molecule is COc1cc(N2CCC(N3CCN(C(=O)CCc4ccc5c(c4)CN(C4CCC(=O)NC4=O)C5=O)CC3)CC2)ccc1Nc1ncc(Cl)c(Nc2ccccc2P(=O)(OC)OC)n1. The summed E-state index contributed by atoms with van der Waals surface area (Å²) in [5, 5.41) is 9.32. The van der Waals surface area contributed by atoms with Crippen LogP contribution in [-0.2, 0) is 41.0 Å². The van der Waals surface area contributed by atoms with Gasteiger partial charge in [0.25, 0.3) is 5.91 Å². The highest BCUT2D eigenvalue weighted by atomic mass is 35.5. The number of nitrogens with zero attached hydrogens (tertiary/aromatic N) is 6. The molecule has 3 N–H and O–H groups in total. The van der Waals surface area contributed by atoms with Gasteiger partial charge in [0, 0.05) is 96.2 Å². The number of amides is 4. The number of anilines is 5. The maximum absolute atomic E-state index is 13.3. The molecule has 0 radical (unpaired) electrons. The Morgan fingerprint density at radius 1 is 0.905 bits per heavy atom. The number of piperazine rings is 1. The molecule has 4 aliphatic heterocycles. The third kappa shape index (κ3) is 9.53. The monoisotopic (exact) mass is 899 g/mol. The summed E-state index contributed by atoms with van der Waals surface area (Å²) >= 11 is 6.48. The van der Waals surface area contributed by atoms with Crippen molar-refractivity contribution in [2.24, 2.45) is 0 Å². The van der Waals surface area contributed by atoms with Crippen molar-refractivity contribution in [2.75, 3.05) is 76.1 Å². The number of para-hydroxylation sites is 1. The molecule has 4 amide bonds. The van der Waals surface area contributed by atoms with E-state index in [1.807, 2.05) is 35.2 Å². The van der Waals surface area contributed by atoms with Crippen molar-refractivity contribution in [3.05, 3.63) is 88.6 Å². The third-order valence-electron chi connectivity index (χ3n) is 12.3. The Balaban J connectivity index is 0.804. The first-order valence-electron chi connectivity index (χ1n) is 21.1. The number of halogens is 1. The van der Waals surface area contributed by atoms with Crippen LogP contribution in [0.3, 0.4) is 0 Å². The molecule has 63 heavy (non-hydrogen) atoms. The van der Waals surface area contributed by atoms with Crippen molar-refractivity contribution in [1.82, 2.24) is 30.0 Å². The van der Waals surface area contributed by atoms with Crippen molar-refractivity contribution in [3.8, 4) is 5.75 Å². The topological polar surface area (TPSA) is 188 Å². The molecule has 332 valence electrons. The van der Waals surface area contributed by atoms with Crippen LogP contribution in [0.25, 0.3) is 0 Å². The molecule has 3 saturated heterocycles. The van der Waals surface area contributed by atoms with E-state index in [2.05, 4.69) is 35.7 Å². The van der Waals surface area contributed by atoms with Gasteiger partial charge in [-0.1, -0.05) is 35.9 Å². The fourth-order valence-electron chi connectivity index (χ4n) is 8.85. The van der Waals surface area contributed by atoms with E-state index in [0.29, 0.717) is 78.7 Å². The van der Waals surface area contributed by atoms with Crippen LogP contribution in [0.2, 0.25) is 5.02 Å². The van der Waals surface area contributed by atoms with Crippen LogP contribution in [0.1, 0.15) is 53.6 Å². The Kier molecular flexibility index (Phi) is 13.3. The van der Waals surface area contributed by atoms with Crippen LogP contribution in [0, 0.1) is 0 Å². The number of aryl methyl sites for hydroxylation is 1. The van der Waals surface area contributed by atoms with Crippen LogP contribution < -0.4 is 30.9 Å². The van der Waals surface area contributed by atoms with Gasteiger partial charge in [-0.3, -0.25) is 34.0 Å². The van der Waals surface area contributed by atoms with Gasteiger partial charge in [0.1, 0.15) is 16.8 Å². The Morgan fingerprint density at radius 3 is 2.40 bits per heavy atom. The molecule has 3 fully saturated rings. The van der Waals surface area contributed by atoms with Gasteiger partial charge in [-0.05, 0) is 67.1 Å². The average Bonchev–Trinajstić information content (AvgIpc) is 3.63. The lowest BCUT2D eigenvalue weighted by Gasteiger charge is -2.43. The maximum Gasteiger partial charge on any atom is 0.362 e. The number of aromatic nitrogens is 2. The van der Waals surface area contributed by atoms with Crippen molar-refractivity contribution in [2.45, 2.75) is 57.2 Å². The number of imide groups is 1. The summed E-state index contributed by atoms with van der Waals surface area (Å²) in [7, 11) is 0.700. The number of fused-ring (bicyclic) bond motifs is 1. The van der Waals surface area contributed by atoms with E-state index in [-0.39, 0.29) is 35.1 Å². The molecule has 4 aromatic rings. The molecule has 17 nitrogen and oxygen atoms in total. The number of hydrogen-bond donors (Lipinski definition) is 3. The van der Waals surface area contributed by atoms with Gasteiger partial charge in [0.2, 0.25) is 23.7 Å². The lowest BCUT2D eigenvalue weighted by atomic mass is 10.0. The summed E-state index contributed by atoms with van der Waals surface area (Å²) < 4.78 is 29.4. The second kappa shape index (κ2) is 19.0. The Labute approximate surface area is 370 Å². The zero-order valence-corrected chi connectivity index (χ0v) is 37.1. The molecule has 0 saturated carbocycles. The lowest BCUT2D eigenvalue weighted by Crippen LogP contribution is -2.54. The molecule has 19 heteroatoms. The number of methoxy groups -OCH3 is 1.